The summed E-state index contributed by atoms with van der Waals surface area (Å²) in [6, 6.07) is 3.57. The number of likely N-dealkylation sites (N-methyl/N-ethyl adjacent to an activating group) is 1. The van der Waals surface area contributed by atoms with Gasteiger partial charge in [-0.1, -0.05) is 21.3 Å². The molecule has 1 amide bonds. The van der Waals surface area contributed by atoms with Crippen LogP contribution in [0.3, 0.4) is 0 Å². The molecule has 0 aromatic carbocycles. The molecule has 19 heavy (non-hydrogen) atoms. The van der Waals surface area contributed by atoms with Crippen LogP contribution in [0.15, 0.2) is 18.3 Å². The van der Waals surface area contributed by atoms with Gasteiger partial charge in [0.15, 0.2) is 0 Å². The van der Waals surface area contributed by atoms with Crippen molar-refractivity contribution in [3.8, 4) is 0 Å². The fourth-order valence-electron chi connectivity index (χ4n) is 1.23. The molecule has 0 radical (unpaired) electrons. The van der Waals surface area contributed by atoms with E-state index in [4.69, 9.17) is 4.74 Å². The number of methoxy groups -OCH3 is 1. The van der Waals surface area contributed by atoms with Gasteiger partial charge in [0, 0.05) is 33.9 Å². The predicted octanol–water partition coefficient (Wildman–Crippen LogP) is 2.19. The van der Waals surface area contributed by atoms with Gasteiger partial charge in [0.25, 0.3) is 5.91 Å². The molecule has 1 aromatic rings. The summed E-state index contributed by atoms with van der Waals surface area (Å²) in [5.41, 5.74) is 0.561. The zero-order valence-electron chi connectivity index (χ0n) is 11.9. The van der Waals surface area contributed by atoms with Crippen LogP contribution in [0, 0.1) is 0 Å². The van der Waals surface area contributed by atoms with Gasteiger partial charge in [0.05, 0.1) is 12.2 Å². The molecule has 110 valence electrons. The molecule has 0 aliphatic carbocycles. The van der Waals surface area contributed by atoms with Crippen LogP contribution in [0.5, 0.6) is 0 Å². The first-order valence-electron chi connectivity index (χ1n) is 6.07. The maximum Gasteiger partial charge on any atom is 0.252 e. The number of hydrogen-bond acceptors (Lipinski definition) is 4. The fraction of sp³-hybridized carbons (Fsp3) is 0.571. The highest BCUT2D eigenvalue weighted by Crippen LogP contribution is 2.09. The quantitative estimate of drug-likeness (QED) is 0.890. The number of pyridine rings is 1. The number of rotatable bonds is 5. The molecule has 1 rings (SSSR count). The van der Waals surface area contributed by atoms with E-state index < -0.39 is 0 Å². The van der Waals surface area contributed by atoms with Crippen molar-refractivity contribution in [2.45, 2.75) is 21.3 Å². The first-order valence-corrected chi connectivity index (χ1v) is 6.07. The summed E-state index contributed by atoms with van der Waals surface area (Å²) in [6.07, 6.45) is 1.57. The van der Waals surface area contributed by atoms with Gasteiger partial charge in [-0.05, 0) is 12.1 Å². The highest BCUT2D eigenvalue weighted by molar-refractivity contribution is 5.93. The molecule has 1 N–H and O–H groups in total. The third-order valence-electron chi connectivity index (χ3n) is 2.26. The van der Waals surface area contributed by atoms with Crippen molar-refractivity contribution in [3.05, 3.63) is 23.9 Å². The van der Waals surface area contributed by atoms with E-state index in [-0.39, 0.29) is 13.3 Å². The molecule has 0 saturated heterocycles. The predicted molar refractivity (Wildman–Crippen MR) is 80.9 cm³/mol. The molecular formula is C14H27N3O2. The van der Waals surface area contributed by atoms with E-state index >= 15 is 0 Å². The van der Waals surface area contributed by atoms with Crippen molar-refractivity contribution >= 4 is 11.7 Å². The van der Waals surface area contributed by atoms with Gasteiger partial charge in [0.2, 0.25) is 0 Å². The molecule has 0 spiro atoms. The van der Waals surface area contributed by atoms with Crippen molar-refractivity contribution in [1.29, 1.82) is 0 Å². The molecule has 0 aliphatic rings. The molecule has 5 nitrogen and oxygen atoms in total. The lowest BCUT2D eigenvalue weighted by Gasteiger charge is -2.17. The number of aromatic nitrogens is 1. The number of nitrogens with one attached hydrogen (secondary N) is 1. The molecule has 0 atom stereocenters. The number of ether oxygens (including phenoxy) is 1. The first-order chi connectivity index (χ1) is 8.69. The average molecular weight is 269 g/mol. The van der Waals surface area contributed by atoms with Gasteiger partial charge >= 0.3 is 0 Å². The van der Waals surface area contributed by atoms with E-state index in [1.54, 1.807) is 26.4 Å². The second-order valence-corrected chi connectivity index (χ2v) is 3.40. The lowest BCUT2D eigenvalue weighted by molar-refractivity contribution is 0.0962. The van der Waals surface area contributed by atoms with Crippen molar-refractivity contribution in [1.82, 2.24) is 10.3 Å². The highest BCUT2D eigenvalue weighted by atomic mass is 16.5. The third kappa shape index (κ3) is 6.76. The molecular weight excluding hydrogens is 242 g/mol. The Labute approximate surface area is 117 Å². The maximum atomic E-state index is 11.3. The van der Waals surface area contributed by atoms with Crippen LogP contribution in [-0.4, -0.2) is 45.2 Å². The number of nitrogens with zero attached hydrogens (tertiary/aromatic N) is 2. The van der Waals surface area contributed by atoms with E-state index in [0.717, 1.165) is 12.4 Å². The summed E-state index contributed by atoms with van der Waals surface area (Å²) < 4.78 is 4.98. The summed E-state index contributed by atoms with van der Waals surface area (Å²) in [5.74, 6) is 0.697. The summed E-state index contributed by atoms with van der Waals surface area (Å²) in [4.78, 5) is 17.5. The second kappa shape index (κ2) is 11.5. The number of amides is 1. The second-order valence-electron chi connectivity index (χ2n) is 3.40. The van der Waals surface area contributed by atoms with Crippen LogP contribution in [0.25, 0.3) is 0 Å². The summed E-state index contributed by atoms with van der Waals surface area (Å²) in [5, 5.41) is 2.55. The van der Waals surface area contributed by atoms with Crippen LogP contribution in [-0.2, 0) is 4.74 Å². The van der Waals surface area contributed by atoms with E-state index in [2.05, 4.69) is 10.3 Å². The number of carbonyl (C=O) groups is 1. The van der Waals surface area contributed by atoms with Crippen LogP contribution in [0.4, 0.5) is 5.82 Å². The molecule has 5 heteroatoms. The van der Waals surface area contributed by atoms with Crippen molar-refractivity contribution in [2.24, 2.45) is 0 Å². The average Bonchev–Trinajstić information content (AvgIpc) is 2.46. The Morgan fingerprint density at radius 3 is 2.47 bits per heavy atom. The smallest absolute Gasteiger partial charge is 0.252 e. The zero-order chi connectivity index (χ0) is 14.0. The Kier molecular flexibility index (Phi) is 11.9. The van der Waals surface area contributed by atoms with Gasteiger partial charge < -0.3 is 15.0 Å². The van der Waals surface area contributed by atoms with Gasteiger partial charge in [-0.15, -0.1) is 0 Å². The largest absolute Gasteiger partial charge is 0.383 e. The minimum atomic E-state index is -0.126. The minimum absolute atomic E-state index is 0. The van der Waals surface area contributed by atoms with E-state index in [9.17, 15) is 4.79 Å². The molecule has 0 saturated carbocycles. The standard InChI is InChI=1S/C11H17N3O2.C2H6.CH4/c1-12-11(15)9-4-5-10(13-8-9)14(2)6-7-16-3;1-2;/h4-5,8H,6-7H2,1-3H3,(H,12,15);1-2H3;1H4. The maximum absolute atomic E-state index is 11.3. The molecule has 0 aliphatic heterocycles. The molecule has 0 unspecified atom stereocenters. The highest BCUT2D eigenvalue weighted by Gasteiger charge is 2.05. The summed E-state index contributed by atoms with van der Waals surface area (Å²) in [6.45, 7) is 5.41. The summed E-state index contributed by atoms with van der Waals surface area (Å²) in [7, 11) is 5.19. The zero-order valence-corrected chi connectivity index (χ0v) is 11.9. The van der Waals surface area contributed by atoms with Gasteiger partial charge in [0.1, 0.15) is 5.82 Å². The molecule has 1 aromatic heterocycles. The molecule has 0 fully saturated rings. The molecule has 1 heterocycles. The van der Waals surface area contributed by atoms with Crippen LogP contribution in [0.1, 0.15) is 31.6 Å². The van der Waals surface area contributed by atoms with Gasteiger partial charge in [-0.2, -0.15) is 0 Å². The van der Waals surface area contributed by atoms with Crippen LogP contribution < -0.4 is 10.2 Å². The van der Waals surface area contributed by atoms with E-state index in [0.29, 0.717) is 12.2 Å². The Bertz CT molecular complexity index is 339. The third-order valence-corrected chi connectivity index (χ3v) is 2.26. The lowest BCUT2D eigenvalue weighted by Crippen LogP contribution is -2.23. The van der Waals surface area contributed by atoms with Gasteiger partial charge in [-0.25, -0.2) is 4.98 Å². The summed E-state index contributed by atoms with van der Waals surface area (Å²) >= 11 is 0. The van der Waals surface area contributed by atoms with Crippen LogP contribution >= 0.6 is 0 Å². The lowest BCUT2D eigenvalue weighted by atomic mass is 10.2. The van der Waals surface area contributed by atoms with Crippen molar-refractivity contribution < 1.29 is 9.53 Å². The molecule has 0 bridgehead atoms. The van der Waals surface area contributed by atoms with Crippen molar-refractivity contribution in [3.63, 3.8) is 0 Å². The number of hydrogen-bond donors (Lipinski definition) is 1. The minimum Gasteiger partial charge on any atom is -0.383 e. The van der Waals surface area contributed by atoms with E-state index in [1.807, 2.05) is 31.9 Å². The monoisotopic (exact) mass is 269 g/mol. The topological polar surface area (TPSA) is 54.5 Å². The fourth-order valence-corrected chi connectivity index (χ4v) is 1.23. The number of anilines is 1. The van der Waals surface area contributed by atoms with E-state index in [1.165, 1.54) is 0 Å². The normalized spacial score (nSPS) is 8.68. The Morgan fingerprint density at radius 2 is 2.05 bits per heavy atom. The SMILES string of the molecule is C.CC.CNC(=O)c1ccc(N(C)CCOC)nc1. The van der Waals surface area contributed by atoms with Crippen molar-refractivity contribution in [2.75, 3.05) is 39.3 Å². The van der Waals surface area contributed by atoms with Gasteiger partial charge in [-0.3, -0.25) is 4.79 Å². The Morgan fingerprint density at radius 1 is 1.42 bits per heavy atom. The van der Waals surface area contributed by atoms with Crippen LogP contribution in [0.2, 0.25) is 0 Å². The first kappa shape index (κ1) is 19.7. The number of carbonyl (C=O) groups excluding carboxylic acids is 1. The Hall–Kier alpha value is -1.62. The Balaban J connectivity index is 0.